The van der Waals surface area contributed by atoms with Crippen molar-refractivity contribution in [2.45, 2.75) is 16.9 Å². The van der Waals surface area contributed by atoms with Gasteiger partial charge in [0.25, 0.3) is 0 Å². The van der Waals surface area contributed by atoms with Crippen LogP contribution >= 0.6 is 35.1 Å². The summed E-state index contributed by atoms with van der Waals surface area (Å²) in [6, 6.07) is 27.6. The summed E-state index contributed by atoms with van der Waals surface area (Å²) < 4.78 is 5.93. The summed E-state index contributed by atoms with van der Waals surface area (Å²) in [5.41, 5.74) is 4.01. The van der Waals surface area contributed by atoms with Crippen molar-refractivity contribution in [1.29, 1.82) is 0 Å². The van der Waals surface area contributed by atoms with Gasteiger partial charge in [0.15, 0.2) is 0 Å². The Bertz CT molecular complexity index is 1220. The van der Waals surface area contributed by atoms with Gasteiger partial charge in [-0.05, 0) is 47.5 Å². The monoisotopic (exact) mass is 495 g/mol. The molecule has 33 heavy (non-hydrogen) atoms. The van der Waals surface area contributed by atoms with Crippen LogP contribution in [0.2, 0.25) is 5.02 Å². The molecule has 3 aromatic carbocycles. The highest BCUT2D eigenvalue weighted by atomic mass is 35.5. The number of aliphatic carboxylic acids is 1. The topological polar surface area (TPSA) is 59.4 Å². The van der Waals surface area contributed by atoms with Crippen molar-refractivity contribution in [3.05, 3.63) is 107 Å². The first-order valence-electron chi connectivity index (χ1n) is 10.3. The number of rotatable bonds is 10. The van der Waals surface area contributed by atoms with Crippen LogP contribution in [0, 0.1) is 0 Å². The lowest BCUT2D eigenvalue weighted by atomic mass is 10.2. The highest BCUT2D eigenvalue weighted by molar-refractivity contribution is 8.16. The molecule has 0 fully saturated rings. The number of benzene rings is 3. The number of nitrogens with zero attached hydrogens (tertiary/aromatic N) is 1. The lowest BCUT2D eigenvalue weighted by Gasteiger charge is -2.17. The van der Waals surface area contributed by atoms with Crippen molar-refractivity contribution in [2.24, 2.45) is 0 Å². The van der Waals surface area contributed by atoms with Gasteiger partial charge in [-0.2, -0.15) is 0 Å². The second-order valence-electron chi connectivity index (χ2n) is 7.33. The zero-order chi connectivity index (χ0) is 23.0. The lowest BCUT2D eigenvalue weighted by Crippen LogP contribution is -2.02. The molecule has 1 heterocycles. The molecule has 1 N–H and O–H groups in total. The predicted molar refractivity (Wildman–Crippen MR) is 138 cm³/mol. The summed E-state index contributed by atoms with van der Waals surface area (Å²) in [6.07, 6.45) is 0. The smallest absolute Gasteiger partial charge is 0.313 e. The maximum atomic E-state index is 11.1. The van der Waals surface area contributed by atoms with Crippen LogP contribution in [0.1, 0.15) is 21.4 Å². The Kier molecular flexibility index (Phi) is 8.15. The molecule has 1 atom stereocenters. The molecule has 0 radical (unpaired) electrons. The van der Waals surface area contributed by atoms with Crippen LogP contribution in [0.3, 0.4) is 0 Å². The summed E-state index contributed by atoms with van der Waals surface area (Å²) in [7, 11) is 0. The lowest BCUT2D eigenvalue weighted by molar-refractivity contribution is -0.133. The number of pyridine rings is 1. The maximum Gasteiger partial charge on any atom is 0.313 e. The fourth-order valence-corrected chi connectivity index (χ4v) is 5.66. The quantitative estimate of drug-likeness (QED) is 0.234. The summed E-state index contributed by atoms with van der Waals surface area (Å²) in [6.45, 7) is 0.382. The van der Waals surface area contributed by atoms with Gasteiger partial charge in [-0.1, -0.05) is 60.1 Å². The Morgan fingerprint density at radius 1 is 0.939 bits per heavy atom. The minimum Gasteiger partial charge on any atom is -0.487 e. The second kappa shape index (κ2) is 11.5. The molecular weight excluding hydrogens is 474 g/mol. The van der Waals surface area contributed by atoms with E-state index in [0.717, 1.165) is 39.2 Å². The number of aromatic nitrogens is 1. The summed E-state index contributed by atoms with van der Waals surface area (Å²) >= 11 is 9.08. The highest BCUT2D eigenvalue weighted by Crippen LogP contribution is 2.41. The number of carboxylic acid groups (broad SMARTS) is 1. The molecule has 7 heteroatoms. The molecule has 0 aliphatic heterocycles. The minimum absolute atomic E-state index is 0.00650. The SMILES string of the molecule is O=C(O)CSC(SCc1ccc(Cl)cc1)c1ccc(OCc2ccc3ccccc3n2)cc1. The largest absolute Gasteiger partial charge is 0.487 e. The molecule has 0 aliphatic carbocycles. The van der Waals surface area contributed by atoms with Crippen LogP contribution in [-0.2, 0) is 17.2 Å². The van der Waals surface area contributed by atoms with E-state index in [2.05, 4.69) is 4.98 Å². The fourth-order valence-electron chi connectivity index (χ4n) is 3.21. The van der Waals surface area contributed by atoms with Gasteiger partial charge < -0.3 is 9.84 Å². The van der Waals surface area contributed by atoms with Gasteiger partial charge in [-0.3, -0.25) is 4.79 Å². The first-order valence-corrected chi connectivity index (χ1v) is 12.8. The van der Waals surface area contributed by atoms with E-state index in [1.165, 1.54) is 11.8 Å². The number of para-hydroxylation sites is 1. The molecule has 1 aromatic heterocycles. The van der Waals surface area contributed by atoms with Crippen molar-refractivity contribution in [3.63, 3.8) is 0 Å². The van der Waals surface area contributed by atoms with E-state index in [9.17, 15) is 4.79 Å². The van der Waals surface area contributed by atoms with Crippen molar-refractivity contribution in [1.82, 2.24) is 4.98 Å². The number of hydrogen-bond acceptors (Lipinski definition) is 5. The predicted octanol–water partition coefficient (Wildman–Crippen LogP) is 7.22. The van der Waals surface area contributed by atoms with Gasteiger partial charge >= 0.3 is 5.97 Å². The molecule has 1 unspecified atom stereocenters. The number of hydrogen-bond donors (Lipinski definition) is 1. The average molecular weight is 496 g/mol. The van der Waals surface area contributed by atoms with Crippen molar-refractivity contribution >= 4 is 52.0 Å². The van der Waals surface area contributed by atoms with Crippen LogP contribution in [0.4, 0.5) is 0 Å². The van der Waals surface area contributed by atoms with Crippen LogP contribution in [0.5, 0.6) is 5.75 Å². The zero-order valence-corrected chi connectivity index (χ0v) is 20.1. The third-order valence-electron chi connectivity index (χ3n) is 4.87. The molecule has 0 bridgehead atoms. The van der Waals surface area contributed by atoms with Crippen LogP contribution in [0.15, 0.2) is 84.9 Å². The third-order valence-corrected chi connectivity index (χ3v) is 8.00. The average Bonchev–Trinajstić information content (AvgIpc) is 2.84. The van der Waals surface area contributed by atoms with Crippen molar-refractivity contribution in [3.8, 4) is 5.75 Å². The Labute approximate surface area is 206 Å². The van der Waals surface area contributed by atoms with Gasteiger partial charge in [-0.15, -0.1) is 23.5 Å². The molecule has 4 rings (SSSR count). The first kappa shape index (κ1) is 23.5. The number of carboxylic acids is 1. The number of ether oxygens (including phenoxy) is 1. The van der Waals surface area contributed by atoms with E-state index in [-0.39, 0.29) is 10.3 Å². The molecule has 0 amide bonds. The van der Waals surface area contributed by atoms with Gasteiger partial charge in [-0.25, -0.2) is 4.98 Å². The van der Waals surface area contributed by atoms with E-state index in [1.54, 1.807) is 11.8 Å². The van der Waals surface area contributed by atoms with Crippen molar-refractivity contribution in [2.75, 3.05) is 5.75 Å². The molecule has 0 saturated heterocycles. The second-order valence-corrected chi connectivity index (χ2v) is 10.2. The fraction of sp³-hybridized carbons (Fsp3) is 0.154. The Morgan fingerprint density at radius 2 is 1.70 bits per heavy atom. The van der Waals surface area contributed by atoms with Crippen molar-refractivity contribution < 1.29 is 14.6 Å². The molecular formula is C26H22ClNO3S2. The van der Waals surface area contributed by atoms with Gasteiger partial charge in [0.1, 0.15) is 12.4 Å². The normalized spacial score (nSPS) is 11.9. The van der Waals surface area contributed by atoms with E-state index in [1.807, 2.05) is 84.9 Å². The van der Waals surface area contributed by atoms with Crippen LogP contribution < -0.4 is 4.74 Å². The van der Waals surface area contributed by atoms with Gasteiger partial charge in [0, 0.05) is 16.2 Å². The Balaban J connectivity index is 1.39. The molecule has 0 spiro atoms. The number of thioether (sulfide) groups is 2. The Hall–Kier alpha value is -2.67. The summed E-state index contributed by atoms with van der Waals surface area (Å²) in [5, 5.41) is 10.9. The van der Waals surface area contributed by atoms with E-state index in [0.29, 0.717) is 11.6 Å². The molecule has 4 aromatic rings. The molecule has 0 aliphatic rings. The van der Waals surface area contributed by atoms with Crippen LogP contribution in [-0.4, -0.2) is 21.8 Å². The number of carbonyl (C=O) groups is 1. The third kappa shape index (κ3) is 6.90. The first-order chi connectivity index (χ1) is 16.1. The Morgan fingerprint density at radius 3 is 2.45 bits per heavy atom. The number of fused-ring (bicyclic) bond motifs is 1. The molecule has 168 valence electrons. The van der Waals surface area contributed by atoms with E-state index >= 15 is 0 Å². The maximum absolute atomic E-state index is 11.1. The summed E-state index contributed by atoms with van der Waals surface area (Å²) in [5.74, 6) is 0.739. The van der Waals surface area contributed by atoms with E-state index < -0.39 is 5.97 Å². The standard InChI is InChI=1S/C26H22ClNO3S2/c27-21-10-5-18(6-11-21)16-32-26(33-17-25(29)30)20-8-13-23(14-9-20)31-15-22-12-7-19-3-1-2-4-24(19)28-22/h1-14,26H,15-17H2,(H,29,30). The van der Waals surface area contributed by atoms with Gasteiger partial charge in [0.2, 0.25) is 0 Å². The molecule has 4 nitrogen and oxygen atoms in total. The van der Waals surface area contributed by atoms with E-state index in [4.69, 9.17) is 21.4 Å². The minimum atomic E-state index is -0.820. The number of halogens is 1. The van der Waals surface area contributed by atoms with Crippen LogP contribution in [0.25, 0.3) is 10.9 Å². The van der Waals surface area contributed by atoms with Gasteiger partial charge in [0.05, 0.1) is 21.5 Å². The zero-order valence-electron chi connectivity index (χ0n) is 17.7. The summed E-state index contributed by atoms with van der Waals surface area (Å²) in [4.78, 5) is 15.8. The highest BCUT2D eigenvalue weighted by Gasteiger charge is 2.15. The molecule has 0 saturated carbocycles.